The summed E-state index contributed by atoms with van der Waals surface area (Å²) in [5.41, 5.74) is 1.09. The van der Waals surface area contributed by atoms with Gasteiger partial charge in [-0.1, -0.05) is 19.1 Å². The largest absolute Gasteiger partial charge is 0.497 e. The maximum Gasteiger partial charge on any atom is 0.290 e. The quantitative estimate of drug-likeness (QED) is 0.893. The van der Waals surface area contributed by atoms with Crippen molar-refractivity contribution in [3.63, 3.8) is 0 Å². The van der Waals surface area contributed by atoms with Gasteiger partial charge in [-0.15, -0.1) is 0 Å². The lowest BCUT2D eigenvalue weighted by atomic mass is 9.88. The number of piperidine rings is 1. The van der Waals surface area contributed by atoms with Crippen LogP contribution in [0.3, 0.4) is 0 Å². The standard InChI is InChI=1S/C21H28N2O3/c1-15-13-22(3)16(2)12-19(15)23(21(24)20-6-5-11-26-20)14-17-7-9-18(25-4)10-8-17/h5-11,15-16,19H,12-14H2,1-4H3/p+1/t15-,16-,19-/m1/s1. The summed E-state index contributed by atoms with van der Waals surface area (Å²) in [6.45, 7) is 6.15. The third-order valence-electron chi connectivity index (χ3n) is 5.64. The first-order chi connectivity index (χ1) is 12.5. The fraction of sp³-hybridized carbons (Fsp3) is 0.476. The van der Waals surface area contributed by atoms with E-state index in [2.05, 4.69) is 20.9 Å². The van der Waals surface area contributed by atoms with Crippen LogP contribution >= 0.6 is 0 Å². The van der Waals surface area contributed by atoms with E-state index >= 15 is 0 Å². The molecule has 26 heavy (non-hydrogen) atoms. The van der Waals surface area contributed by atoms with Gasteiger partial charge in [-0.25, -0.2) is 0 Å². The van der Waals surface area contributed by atoms with E-state index in [4.69, 9.17) is 9.15 Å². The lowest BCUT2D eigenvalue weighted by Gasteiger charge is -2.42. The fourth-order valence-electron chi connectivity index (χ4n) is 3.88. The average molecular weight is 357 g/mol. The van der Waals surface area contributed by atoms with Gasteiger partial charge in [-0.05, 0) is 36.8 Å². The zero-order chi connectivity index (χ0) is 18.7. The Balaban J connectivity index is 1.87. The van der Waals surface area contributed by atoms with Gasteiger partial charge in [0.1, 0.15) is 5.75 Å². The summed E-state index contributed by atoms with van der Waals surface area (Å²) in [5, 5.41) is 0. The molecule has 4 atom stereocenters. The van der Waals surface area contributed by atoms with Crippen LogP contribution < -0.4 is 9.64 Å². The van der Waals surface area contributed by atoms with E-state index < -0.39 is 0 Å². The zero-order valence-corrected chi connectivity index (χ0v) is 16.1. The second-order valence-electron chi connectivity index (χ2n) is 7.49. The van der Waals surface area contributed by atoms with E-state index in [0.717, 1.165) is 24.3 Å². The van der Waals surface area contributed by atoms with E-state index in [9.17, 15) is 4.79 Å². The summed E-state index contributed by atoms with van der Waals surface area (Å²) in [6, 6.07) is 12.2. The van der Waals surface area contributed by atoms with Gasteiger partial charge in [0.15, 0.2) is 5.76 Å². The molecule has 3 rings (SSSR count). The Kier molecular flexibility index (Phi) is 5.67. The van der Waals surface area contributed by atoms with Gasteiger partial charge in [-0.2, -0.15) is 0 Å². The molecule has 1 fully saturated rings. The molecule has 2 heterocycles. The van der Waals surface area contributed by atoms with Crippen molar-refractivity contribution in [1.29, 1.82) is 0 Å². The molecule has 0 spiro atoms. The van der Waals surface area contributed by atoms with Crippen LogP contribution in [0, 0.1) is 5.92 Å². The molecule has 1 aliphatic heterocycles. The number of ether oxygens (including phenoxy) is 1. The number of rotatable bonds is 5. The molecule has 0 bridgehead atoms. The summed E-state index contributed by atoms with van der Waals surface area (Å²) in [7, 11) is 3.89. The number of furan rings is 1. The summed E-state index contributed by atoms with van der Waals surface area (Å²) in [5.74, 6) is 1.63. The van der Waals surface area contributed by atoms with Gasteiger partial charge in [0, 0.05) is 24.9 Å². The minimum Gasteiger partial charge on any atom is -0.497 e. The van der Waals surface area contributed by atoms with Crippen LogP contribution in [0.25, 0.3) is 0 Å². The number of hydrogen-bond acceptors (Lipinski definition) is 3. The van der Waals surface area contributed by atoms with E-state index in [1.807, 2.05) is 29.2 Å². The molecule has 5 nitrogen and oxygen atoms in total. The summed E-state index contributed by atoms with van der Waals surface area (Å²) < 4.78 is 10.6. The molecule has 1 aromatic heterocycles. The number of hydrogen-bond donors (Lipinski definition) is 1. The van der Waals surface area contributed by atoms with Gasteiger partial charge < -0.3 is 19.0 Å². The molecular formula is C21H29N2O3+. The first-order valence-corrected chi connectivity index (χ1v) is 9.29. The second-order valence-corrected chi connectivity index (χ2v) is 7.49. The minimum absolute atomic E-state index is 0.0329. The van der Waals surface area contributed by atoms with Crippen LogP contribution in [-0.2, 0) is 6.54 Å². The first-order valence-electron chi connectivity index (χ1n) is 9.29. The average Bonchev–Trinajstić information content (AvgIpc) is 3.18. The van der Waals surface area contributed by atoms with Gasteiger partial charge in [-0.3, -0.25) is 4.79 Å². The zero-order valence-electron chi connectivity index (χ0n) is 16.1. The molecule has 0 saturated carbocycles. The molecular weight excluding hydrogens is 328 g/mol. The molecule has 1 aromatic carbocycles. The number of carbonyl (C=O) groups is 1. The highest BCUT2D eigenvalue weighted by atomic mass is 16.5. The summed E-state index contributed by atoms with van der Waals surface area (Å²) in [4.78, 5) is 16.7. The Morgan fingerprint density at radius 1 is 1.27 bits per heavy atom. The number of amides is 1. The maximum absolute atomic E-state index is 13.2. The molecule has 1 aliphatic rings. The van der Waals surface area contributed by atoms with Crippen molar-refractivity contribution >= 4 is 5.91 Å². The van der Waals surface area contributed by atoms with Crippen molar-refractivity contribution in [3.8, 4) is 5.75 Å². The number of methoxy groups -OCH3 is 1. The van der Waals surface area contributed by atoms with E-state index in [1.165, 1.54) is 4.90 Å². The minimum atomic E-state index is -0.0329. The van der Waals surface area contributed by atoms with Crippen LogP contribution in [0.15, 0.2) is 47.1 Å². The highest BCUT2D eigenvalue weighted by molar-refractivity contribution is 5.91. The van der Waals surface area contributed by atoms with E-state index in [-0.39, 0.29) is 11.9 Å². The van der Waals surface area contributed by atoms with Crippen molar-refractivity contribution in [2.24, 2.45) is 5.92 Å². The molecule has 5 heteroatoms. The molecule has 0 aliphatic carbocycles. The molecule has 1 amide bonds. The predicted octanol–water partition coefficient (Wildman–Crippen LogP) is 2.24. The third-order valence-corrected chi connectivity index (χ3v) is 5.64. The normalized spacial score (nSPS) is 25.7. The smallest absolute Gasteiger partial charge is 0.290 e. The highest BCUT2D eigenvalue weighted by Crippen LogP contribution is 2.24. The number of carbonyl (C=O) groups excluding carboxylic acids is 1. The predicted molar refractivity (Wildman–Crippen MR) is 100 cm³/mol. The van der Waals surface area contributed by atoms with Crippen LogP contribution in [0.4, 0.5) is 0 Å². The van der Waals surface area contributed by atoms with Crippen molar-refractivity contribution in [3.05, 3.63) is 54.0 Å². The highest BCUT2D eigenvalue weighted by Gasteiger charge is 2.38. The Morgan fingerprint density at radius 3 is 2.62 bits per heavy atom. The van der Waals surface area contributed by atoms with Crippen molar-refractivity contribution < 1.29 is 18.8 Å². The van der Waals surface area contributed by atoms with Crippen LogP contribution in [-0.4, -0.2) is 43.6 Å². The topological polar surface area (TPSA) is 47.1 Å². The molecule has 1 unspecified atom stereocenters. The van der Waals surface area contributed by atoms with Crippen molar-refractivity contribution in [1.82, 2.24) is 4.90 Å². The monoisotopic (exact) mass is 357 g/mol. The number of quaternary nitrogens is 1. The second kappa shape index (κ2) is 7.96. The van der Waals surface area contributed by atoms with Crippen LogP contribution in [0.1, 0.15) is 36.4 Å². The van der Waals surface area contributed by atoms with Crippen molar-refractivity contribution in [2.75, 3.05) is 20.7 Å². The van der Waals surface area contributed by atoms with Gasteiger partial charge >= 0.3 is 0 Å². The fourth-order valence-corrected chi connectivity index (χ4v) is 3.88. The lowest BCUT2D eigenvalue weighted by Crippen LogP contribution is -3.15. The number of nitrogens with one attached hydrogen (secondary N) is 1. The number of nitrogens with zero attached hydrogens (tertiary/aromatic N) is 1. The third kappa shape index (κ3) is 3.93. The van der Waals surface area contributed by atoms with Gasteiger partial charge in [0.2, 0.25) is 0 Å². The number of benzene rings is 1. The number of likely N-dealkylation sites (tertiary alicyclic amines) is 1. The molecule has 1 N–H and O–H groups in total. The van der Waals surface area contributed by atoms with E-state index in [0.29, 0.717) is 24.3 Å². The molecule has 0 radical (unpaired) electrons. The Bertz CT molecular complexity index is 711. The lowest BCUT2D eigenvalue weighted by molar-refractivity contribution is -0.913. The maximum atomic E-state index is 13.2. The van der Waals surface area contributed by atoms with Gasteiger partial charge in [0.05, 0.1) is 33.0 Å². The Hall–Kier alpha value is -2.27. The first kappa shape index (κ1) is 18.5. The summed E-state index contributed by atoms with van der Waals surface area (Å²) >= 11 is 0. The van der Waals surface area contributed by atoms with E-state index in [1.54, 1.807) is 25.5 Å². The Morgan fingerprint density at radius 2 is 2.00 bits per heavy atom. The van der Waals surface area contributed by atoms with Crippen LogP contribution in [0.2, 0.25) is 0 Å². The van der Waals surface area contributed by atoms with Crippen molar-refractivity contribution in [2.45, 2.75) is 38.9 Å². The molecule has 2 aromatic rings. The van der Waals surface area contributed by atoms with Crippen LogP contribution in [0.5, 0.6) is 5.75 Å². The molecule has 140 valence electrons. The SMILES string of the molecule is COc1ccc(CN(C(=O)c2ccco2)[C@@H]2C[C@@H](C)[NH+](C)C[C@H]2C)cc1. The molecule has 1 saturated heterocycles. The summed E-state index contributed by atoms with van der Waals surface area (Å²) in [6.07, 6.45) is 2.55. The van der Waals surface area contributed by atoms with Gasteiger partial charge in [0.25, 0.3) is 5.91 Å². The Labute approximate surface area is 155 Å².